The molecular weight excluding hydrogens is 310 g/mol. The largest absolute Gasteiger partial charge is 0.462 e. The van der Waals surface area contributed by atoms with Crippen molar-refractivity contribution < 1.29 is 22.9 Å². The zero-order valence-corrected chi connectivity index (χ0v) is 12.3. The highest BCUT2D eigenvalue weighted by Crippen LogP contribution is 2.24. The molecule has 0 unspecified atom stereocenters. The SMILES string of the molecule is CC(C)COC(=O)c1cc([N+](=O)[O-])cc(S(=O)(=O)Cl)c1. The number of esters is 1. The Hall–Kier alpha value is -1.67. The third-order valence-corrected chi connectivity index (χ3v) is 3.50. The number of rotatable bonds is 5. The van der Waals surface area contributed by atoms with Crippen molar-refractivity contribution in [1.29, 1.82) is 0 Å². The minimum Gasteiger partial charge on any atom is -0.462 e. The van der Waals surface area contributed by atoms with Crippen LogP contribution in [0.5, 0.6) is 0 Å². The van der Waals surface area contributed by atoms with Gasteiger partial charge in [-0.25, -0.2) is 13.2 Å². The van der Waals surface area contributed by atoms with Crippen molar-refractivity contribution in [3.8, 4) is 0 Å². The number of ether oxygens (including phenoxy) is 1. The first kappa shape index (κ1) is 16.4. The number of benzene rings is 1. The lowest BCUT2D eigenvalue weighted by Gasteiger charge is -2.07. The molecule has 0 saturated carbocycles. The molecule has 1 aromatic carbocycles. The summed E-state index contributed by atoms with van der Waals surface area (Å²) >= 11 is 0. The number of halogens is 1. The van der Waals surface area contributed by atoms with Crippen LogP contribution in [0.3, 0.4) is 0 Å². The summed E-state index contributed by atoms with van der Waals surface area (Å²) in [5, 5.41) is 10.7. The van der Waals surface area contributed by atoms with E-state index in [1.165, 1.54) is 0 Å². The smallest absolute Gasteiger partial charge is 0.338 e. The molecule has 0 spiro atoms. The lowest BCUT2D eigenvalue weighted by molar-refractivity contribution is -0.385. The first-order chi connectivity index (χ1) is 9.11. The molecular formula is C11H12ClNO6S. The highest BCUT2D eigenvalue weighted by atomic mass is 35.7. The van der Waals surface area contributed by atoms with Gasteiger partial charge in [0.05, 0.1) is 22.0 Å². The molecule has 0 N–H and O–H groups in total. The fourth-order valence-electron chi connectivity index (χ4n) is 1.27. The maximum absolute atomic E-state index is 11.7. The predicted octanol–water partition coefficient (Wildman–Crippen LogP) is 2.34. The molecule has 110 valence electrons. The first-order valence-corrected chi connectivity index (χ1v) is 7.83. The Morgan fingerprint density at radius 3 is 2.45 bits per heavy atom. The van der Waals surface area contributed by atoms with E-state index in [-0.39, 0.29) is 18.1 Å². The fraction of sp³-hybridized carbons (Fsp3) is 0.364. The molecule has 0 saturated heterocycles. The molecule has 0 aliphatic rings. The van der Waals surface area contributed by atoms with E-state index in [0.29, 0.717) is 0 Å². The van der Waals surface area contributed by atoms with Crippen molar-refractivity contribution in [2.75, 3.05) is 6.61 Å². The highest BCUT2D eigenvalue weighted by Gasteiger charge is 2.21. The summed E-state index contributed by atoms with van der Waals surface area (Å²) in [6.07, 6.45) is 0. The quantitative estimate of drug-likeness (QED) is 0.357. The van der Waals surface area contributed by atoms with Crippen LogP contribution in [0.15, 0.2) is 23.1 Å². The Morgan fingerprint density at radius 1 is 1.40 bits per heavy atom. The standard InChI is InChI=1S/C11H12ClNO6S/c1-7(2)6-19-11(14)8-3-9(13(15)16)5-10(4-8)20(12,17)18/h3-5,7H,6H2,1-2H3. The van der Waals surface area contributed by atoms with Crippen molar-refractivity contribution in [2.24, 2.45) is 5.92 Å². The molecule has 1 rings (SSSR count). The number of non-ortho nitro benzene ring substituents is 1. The Balaban J connectivity index is 3.22. The average molecular weight is 322 g/mol. The molecule has 7 nitrogen and oxygen atoms in total. The van der Waals surface area contributed by atoms with Crippen LogP contribution in [0.2, 0.25) is 0 Å². The summed E-state index contributed by atoms with van der Waals surface area (Å²) in [7, 11) is 0.951. The molecule has 0 radical (unpaired) electrons. The Morgan fingerprint density at radius 2 is 2.00 bits per heavy atom. The molecule has 0 heterocycles. The van der Waals surface area contributed by atoms with Crippen LogP contribution in [0.4, 0.5) is 5.69 Å². The number of nitro groups is 1. The first-order valence-electron chi connectivity index (χ1n) is 5.52. The van der Waals surface area contributed by atoms with E-state index in [1.54, 1.807) is 0 Å². The summed E-state index contributed by atoms with van der Waals surface area (Å²) in [6, 6.07) is 2.66. The summed E-state index contributed by atoms with van der Waals surface area (Å²) in [5.41, 5.74) is -0.790. The molecule has 0 fully saturated rings. The van der Waals surface area contributed by atoms with E-state index in [2.05, 4.69) is 0 Å². The normalized spacial score (nSPS) is 11.4. The van der Waals surface area contributed by atoms with Crippen LogP contribution in [0.25, 0.3) is 0 Å². The maximum atomic E-state index is 11.7. The molecule has 0 atom stereocenters. The zero-order chi connectivity index (χ0) is 15.5. The van der Waals surface area contributed by atoms with Crippen LogP contribution in [0, 0.1) is 16.0 Å². The van der Waals surface area contributed by atoms with Crippen molar-refractivity contribution in [3.63, 3.8) is 0 Å². The number of hydrogen-bond acceptors (Lipinski definition) is 6. The summed E-state index contributed by atoms with van der Waals surface area (Å²) in [5.74, 6) is -0.766. The molecule has 0 aliphatic heterocycles. The van der Waals surface area contributed by atoms with Gasteiger partial charge in [0.15, 0.2) is 0 Å². The van der Waals surface area contributed by atoms with Crippen LogP contribution in [-0.2, 0) is 13.8 Å². The van der Waals surface area contributed by atoms with Gasteiger partial charge in [-0.2, -0.15) is 0 Å². The van der Waals surface area contributed by atoms with Crippen LogP contribution in [0.1, 0.15) is 24.2 Å². The van der Waals surface area contributed by atoms with Gasteiger partial charge in [0.2, 0.25) is 0 Å². The lowest BCUT2D eigenvalue weighted by atomic mass is 10.2. The number of carbonyl (C=O) groups is 1. The lowest BCUT2D eigenvalue weighted by Crippen LogP contribution is -2.11. The number of nitrogens with zero attached hydrogens (tertiary/aromatic N) is 1. The molecule has 0 aliphatic carbocycles. The van der Waals surface area contributed by atoms with Crippen LogP contribution in [-0.4, -0.2) is 25.9 Å². The maximum Gasteiger partial charge on any atom is 0.338 e. The van der Waals surface area contributed by atoms with Crippen LogP contribution < -0.4 is 0 Å². The Kier molecular flexibility index (Phi) is 5.07. The second-order valence-corrected chi connectivity index (χ2v) is 6.97. The van der Waals surface area contributed by atoms with E-state index < -0.39 is 30.5 Å². The molecule has 1 aromatic rings. The third kappa shape index (κ3) is 4.46. The summed E-state index contributed by atoms with van der Waals surface area (Å²) < 4.78 is 27.4. The van der Waals surface area contributed by atoms with E-state index in [0.717, 1.165) is 18.2 Å². The van der Waals surface area contributed by atoms with Crippen molar-refractivity contribution in [1.82, 2.24) is 0 Å². The van der Waals surface area contributed by atoms with Gasteiger partial charge in [-0.1, -0.05) is 13.8 Å². The van der Waals surface area contributed by atoms with Gasteiger partial charge < -0.3 is 4.74 Å². The van der Waals surface area contributed by atoms with Gasteiger partial charge in [0.25, 0.3) is 14.7 Å². The highest BCUT2D eigenvalue weighted by molar-refractivity contribution is 8.13. The average Bonchev–Trinajstić information content (AvgIpc) is 2.34. The van der Waals surface area contributed by atoms with E-state index in [4.69, 9.17) is 15.4 Å². The molecule has 20 heavy (non-hydrogen) atoms. The number of hydrogen-bond donors (Lipinski definition) is 0. The second kappa shape index (κ2) is 6.19. The van der Waals surface area contributed by atoms with Crippen molar-refractivity contribution in [3.05, 3.63) is 33.9 Å². The topological polar surface area (TPSA) is 104 Å². The Bertz CT molecular complexity index is 640. The monoisotopic (exact) mass is 321 g/mol. The number of carbonyl (C=O) groups excluding carboxylic acids is 1. The van der Waals surface area contributed by atoms with Crippen molar-refractivity contribution in [2.45, 2.75) is 18.7 Å². The van der Waals surface area contributed by atoms with Gasteiger partial charge in [0, 0.05) is 22.8 Å². The van der Waals surface area contributed by atoms with Crippen LogP contribution >= 0.6 is 10.7 Å². The fourth-order valence-corrected chi connectivity index (χ4v) is 2.07. The van der Waals surface area contributed by atoms with Gasteiger partial charge in [-0.15, -0.1) is 0 Å². The minimum atomic E-state index is -4.19. The predicted molar refractivity (Wildman–Crippen MR) is 71.3 cm³/mol. The molecule has 9 heteroatoms. The molecule has 0 amide bonds. The summed E-state index contributed by atoms with van der Waals surface area (Å²) in [4.78, 5) is 21.1. The van der Waals surface area contributed by atoms with E-state index in [9.17, 15) is 23.3 Å². The van der Waals surface area contributed by atoms with E-state index >= 15 is 0 Å². The molecule has 0 bridgehead atoms. The third-order valence-electron chi connectivity index (χ3n) is 2.17. The summed E-state index contributed by atoms with van der Waals surface area (Å²) in [6.45, 7) is 3.75. The van der Waals surface area contributed by atoms with Crippen molar-refractivity contribution >= 4 is 31.4 Å². The van der Waals surface area contributed by atoms with E-state index in [1.807, 2.05) is 13.8 Å². The zero-order valence-electron chi connectivity index (χ0n) is 10.7. The molecule has 0 aromatic heterocycles. The number of nitro benzene ring substituents is 1. The van der Waals surface area contributed by atoms with Gasteiger partial charge in [-0.3, -0.25) is 10.1 Å². The van der Waals surface area contributed by atoms with Gasteiger partial charge in [-0.05, 0) is 12.0 Å². The van der Waals surface area contributed by atoms with Gasteiger partial charge in [0.1, 0.15) is 0 Å². The Labute approximate surface area is 120 Å². The van der Waals surface area contributed by atoms with Gasteiger partial charge >= 0.3 is 5.97 Å². The second-order valence-electron chi connectivity index (χ2n) is 4.40. The minimum absolute atomic E-state index is 0.0777.